The summed E-state index contributed by atoms with van der Waals surface area (Å²) in [6.45, 7) is 5.46. The first kappa shape index (κ1) is 20.7. The number of fused-ring (bicyclic) bond motifs is 2. The Morgan fingerprint density at radius 1 is 1.06 bits per heavy atom. The number of methoxy groups -OCH3 is 1. The molecule has 1 aliphatic heterocycles. The summed E-state index contributed by atoms with van der Waals surface area (Å²) >= 11 is 0. The van der Waals surface area contributed by atoms with Gasteiger partial charge in [-0.05, 0) is 73.6 Å². The summed E-state index contributed by atoms with van der Waals surface area (Å²) in [5, 5.41) is 6.55. The number of nitrogens with zero attached hydrogens (tertiary/aromatic N) is 3. The molecule has 2 aliphatic rings. The van der Waals surface area contributed by atoms with Crippen LogP contribution in [-0.2, 0) is 6.42 Å². The van der Waals surface area contributed by atoms with E-state index in [-0.39, 0.29) is 23.1 Å². The molecule has 0 atom stereocenters. The topological polar surface area (TPSA) is 64.4 Å². The molecular formula is C26H29N3O3. The van der Waals surface area contributed by atoms with Gasteiger partial charge in [-0.2, -0.15) is 5.10 Å². The maximum absolute atomic E-state index is 13.2. The SMILES string of the molecule is COc1ccc2ccc(C(=O)N3CCC4(CC3)CC(=O)c3c(cnn3C(C)C)C4)cc2c1. The Morgan fingerprint density at radius 3 is 2.53 bits per heavy atom. The quantitative estimate of drug-likeness (QED) is 0.604. The highest BCUT2D eigenvalue weighted by Gasteiger charge is 2.43. The normalized spacial score (nSPS) is 17.8. The third-order valence-electron chi connectivity index (χ3n) is 7.13. The minimum atomic E-state index is -0.0531. The molecule has 1 fully saturated rings. The number of amides is 1. The summed E-state index contributed by atoms with van der Waals surface area (Å²) in [6.07, 6.45) is 4.99. The number of carbonyl (C=O) groups is 2. The minimum absolute atomic E-state index is 0.0531. The zero-order valence-corrected chi connectivity index (χ0v) is 18.9. The molecule has 32 heavy (non-hydrogen) atoms. The van der Waals surface area contributed by atoms with E-state index in [0.717, 1.165) is 47.0 Å². The monoisotopic (exact) mass is 431 g/mol. The van der Waals surface area contributed by atoms with Crippen molar-refractivity contribution in [3.05, 3.63) is 59.4 Å². The van der Waals surface area contributed by atoms with Crippen LogP contribution in [0.2, 0.25) is 0 Å². The molecule has 2 heterocycles. The van der Waals surface area contributed by atoms with Crippen LogP contribution in [-0.4, -0.2) is 46.6 Å². The number of hydrogen-bond donors (Lipinski definition) is 0. The highest BCUT2D eigenvalue weighted by Crippen LogP contribution is 2.44. The highest BCUT2D eigenvalue weighted by atomic mass is 16.5. The lowest BCUT2D eigenvalue weighted by Gasteiger charge is -2.43. The van der Waals surface area contributed by atoms with Crippen molar-refractivity contribution in [1.82, 2.24) is 14.7 Å². The zero-order chi connectivity index (χ0) is 22.5. The van der Waals surface area contributed by atoms with Crippen LogP contribution in [0, 0.1) is 5.41 Å². The van der Waals surface area contributed by atoms with Crippen LogP contribution in [0.25, 0.3) is 10.8 Å². The molecule has 166 valence electrons. The Kier molecular flexibility index (Phi) is 5.03. The molecular weight excluding hydrogens is 402 g/mol. The van der Waals surface area contributed by atoms with E-state index in [9.17, 15) is 9.59 Å². The second kappa shape index (κ2) is 7.76. The molecule has 1 aromatic heterocycles. The number of aromatic nitrogens is 2. The molecule has 1 saturated heterocycles. The van der Waals surface area contributed by atoms with Crippen molar-refractivity contribution in [2.45, 2.75) is 45.6 Å². The van der Waals surface area contributed by atoms with E-state index in [0.29, 0.717) is 25.1 Å². The average Bonchev–Trinajstić information content (AvgIpc) is 3.23. The summed E-state index contributed by atoms with van der Waals surface area (Å²) in [5.41, 5.74) is 2.50. The van der Waals surface area contributed by atoms with Crippen molar-refractivity contribution < 1.29 is 14.3 Å². The third kappa shape index (κ3) is 3.48. The first-order valence-corrected chi connectivity index (χ1v) is 11.4. The van der Waals surface area contributed by atoms with Gasteiger partial charge in [0.15, 0.2) is 5.78 Å². The molecule has 1 spiro atoms. The Balaban J connectivity index is 1.32. The predicted molar refractivity (Wildman–Crippen MR) is 123 cm³/mol. The van der Waals surface area contributed by atoms with E-state index >= 15 is 0 Å². The lowest BCUT2D eigenvalue weighted by molar-refractivity contribution is 0.0517. The molecule has 0 unspecified atom stereocenters. The number of piperidine rings is 1. The van der Waals surface area contributed by atoms with Gasteiger partial charge in [-0.15, -0.1) is 0 Å². The highest BCUT2D eigenvalue weighted by molar-refractivity contribution is 5.99. The van der Waals surface area contributed by atoms with Crippen molar-refractivity contribution in [3.8, 4) is 5.75 Å². The van der Waals surface area contributed by atoms with Crippen LogP contribution < -0.4 is 4.74 Å². The van der Waals surface area contributed by atoms with Crippen molar-refractivity contribution in [1.29, 1.82) is 0 Å². The van der Waals surface area contributed by atoms with Gasteiger partial charge in [0.1, 0.15) is 11.4 Å². The van der Waals surface area contributed by atoms with Gasteiger partial charge in [-0.1, -0.05) is 12.1 Å². The molecule has 3 aromatic rings. The molecule has 0 bridgehead atoms. The van der Waals surface area contributed by atoms with Gasteiger partial charge in [-0.3, -0.25) is 14.3 Å². The largest absolute Gasteiger partial charge is 0.497 e. The maximum Gasteiger partial charge on any atom is 0.253 e. The molecule has 2 aromatic carbocycles. The molecule has 1 aliphatic carbocycles. The first-order valence-electron chi connectivity index (χ1n) is 11.4. The average molecular weight is 432 g/mol. The standard InChI is InChI=1S/C26H29N3O3/c1-17(2)29-24-21(16-27-29)14-26(15-23(24)30)8-10-28(11-9-26)25(31)19-5-4-18-6-7-22(32-3)13-20(18)12-19/h4-7,12-13,16-17H,8-11,14-15H2,1-3H3. The van der Waals surface area contributed by atoms with E-state index in [1.807, 2.05) is 52.2 Å². The van der Waals surface area contributed by atoms with E-state index in [4.69, 9.17) is 4.74 Å². The predicted octanol–water partition coefficient (Wildman–Crippen LogP) is 4.68. The van der Waals surface area contributed by atoms with Crippen LogP contribution in [0.4, 0.5) is 0 Å². The van der Waals surface area contributed by atoms with Crippen LogP contribution in [0.5, 0.6) is 5.75 Å². The number of carbonyl (C=O) groups excluding carboxylic acids is 2. The maximum atomic E-state index is 13.2. The zero-order valence-electron chi connectivity index (χ0n) is 18.9. The second-order valence-electron chi connectivity index (χ2n) is 9.55. The van der Waals surface area contributed by atoms with Crippen molar-refractivity contribution in [3.63, 3.8) is 0 Å². The Labute approximate surface area is 188 Å². The fraction of sp³-hybridized carbons (Fsp3) is 0.423. The molecule has 6 heteroatoms. The van der Waals surface area contributed by atoms with Crippen LogP contribution in [0.3, 0.4) is 0 Å². The van der Waals surface area contributed by atoms with Gasteiger partial charge in [0.2, 0.25) is 0 Å². The number of ether oxygens (including phenoxy) is 1. The van der Waals surface area contributed by atoms with Crippen molar-refractivity contribution in [2.24, 2.45) is 5.41 Å². The third-order valence-corrected chi connectivity index (χ3v) is 7.13. The lowest BCUT2D eigenvalue weighted by Crippen LogP contribution is -2.46. The molecule has 0 radical (unpaired) electrons. The molecule has 5 rings (SSSR count). The molecule has 0 saturated carbocycles. The lowest BCUT2D eigenvalue weighted by atomic mass is 9.67. The fourth-order valence-corrected chi connectivity index (χ4v) is 5.32. The van der Waals surface area contributed by atoms with Gasteiger partial charge in [0.25, 0.3) is 5.91 Å². The number of hydrogen-bond acceptors (Lipinski definition) is 4. The van der Waals surface area contributed by atoms with Gasteiger partial charge >= 0.3 is 0 Å². The molecule has 0 N–H and O–H groups in total. The van der Waals surface area contributed by atoms with Gasteiger partial charge in [0, 0.05) is 36.7 Å². The number of Topliss-reactive ketones (excluding diaryl/α,β-unsaturated/α-hetero) is 1. The Hall–Kier alpha value is -3.15. The summed E-state index contributed by atoms with van der Waals surface area (Å²) in [5.74, 6) is 1.03. The van der Waals surface area contributed by atoms with Gasteiger partial charge in [-0.25, -0.2) is 0 Å². The Bertz CT molecular complexity index is 1200. The fourth-order valence-electron chi connectivity index (χ4n) is 5.32. The van der Waals surface area contributed by atoms with E-state index in [2.05, 4.69) is 18.9 Å². The van der Waals surface area contributed by atoms with Gasteiger partial charge in [0.05, 0.1) is 13.3 Å². The van der Waals surface area contributed by atoms with Gasteiger partial charge < -0.3 is 9.64 Å². The smallest absolute Gasteiger partial charge is 0.253 e. The van der Waals surface area contributed by atoms with Crippen LogP contribution in [0.1, 0.15) is 65.6 Å². The number of rotatable bonds is 3. The second-order valence-corrected chi connectivity index (χ2v) is 9.55. The number of likely N-dealkylation sites (tertiary alicyclic amines) is 1. The number of benzene rings is 2. The number of ketones is 1. The first-order chi connectivity index (χ1) is 15.4. The van der Waals surface area contributed by atoms with Crippen LogP contribution in [0.15, 0.2) is 42.6 Å². The van der Waals surface area contributed by atoms with Crippen molar-refractivity contribution >= 4 is 22.5 Å². The molecule has 6 nitrogen and oxygen atoms in total. The summed E-state index contributed by atoms with van der Waals surface area (Å²) < 4.78 is 7.18. The summed E-state index contributed by atoms with van der Waals surface area (Å²) in [7, 11) is 1.65. The Morgan fingerprint density at radius 2 is 1.81 bits per heavy atom. The summed E-state index contributed by atoms with van der Waals surface area (Å²) in [4.78, 5) is 28.2. The van der Waals surface area contributed by atoms with E-state index in [1.165, 1.54) is 0 Å². The molecule has 1 amide bonds. The summed E-state index contributed by atoms with van der Waals surface area (Å²) in [6, 6.07) is 11.9. The van der Waals surface area contributed by atoms with E-state index < -0.39 is 0 Å². The van der Waals surface area contributed by atoms with E-state index in [1.54, 1.807) is 7.11 Å². The minimum Gasteiger partial charge on any atom is -0.497 e. The van der Waals surface area contributed by atoms with Crippen LogP contribution >= 0.6 is 0 Å². The van der Waals surface area contributed by atoms with Crippen molar-refractivity contribution in [2.75, 3.05) is 20.2 Å².